The number of carboxylic acid groups (broad SMARTS) is 1. The van der Waals surface area contributed by atoms with Crippen LogP contribution in [0.1, 0.15) is 33.6 Å². The molecule has 1 unspecified atom stereocenters. The van der Waals surface area contributed by atoms with Crippen molar-refractivity contribution < 1.29 is 14.7 Å². The summed E-state index contributed by atoms with van der Waals surface area (Å²) in [6, 6.07) is 5.85. The topological polar surface area (TPSA) is 78.4 Å². The molecule has 1 rings (SSSR count). The van der Waals surface area contributed by atoms with Crippen molar-refractivity contribution in [2.24, 2.45) is 5.41 Å². The molecule has 21 heavy (non-hydrogen) atoms. The third-order valence-electron chi connectivity index (χ3n) is 2.72. The Hall–Kier alpha value is -1.75. The first-order valence-electron chi connectivity index (χ1n) is 6.70. The number of carboxylic acids is 1. The lowest BCUT2D eigenvalue weighted by Gasteiger charge is -2.25. The summed E-state index contributed by atoms with van der Waals surface area (Å²) in [4.78, 5) is 22.8. The van der Waals surface area contributed by atoms with Crippen molar-refractivity contribution in [1.82, 2.24) is 5.32 Å². The lowest BCUT2D eigenvalue weighted by atomic mass is 9.87. The van der Waals surface area contributed by atoms with Crippen LogP contribution in [0.4, 0.5) is 10.5 Å². The second-order valence-corrected chi connectivity index (χ2v) is 6.60. The number of benzene rings is 1. The molecule has 116 valence electrons. The average molecular weight is 313 g/mol. The summed E-state index contributed by atoms with van der Waals surface area (Å²) in [6.45, 7) is 6.00. The van der Waals surface area contributed by atoms with E-state index in [-0.39, 0.29) is 11.8 Å². The Balaban J connectivity index is 2.62. The number of carbonyl (C=O) groups is 2. The van der Waals surface area contributed by atoms with E-state index >= 15 is 0 Å². The lowest BCUT2D eigenvalue weighted by Crippen LogP contribution is -2.41. The number of urea groups is 1. The third kappa shape index (κ3) is 7.56. The van der Waals surface area contributed by atoms with E-state index in [9.17, 15) is 9.59 Å². The number of halogens is 1. The minimum atomic E-state index is -0.934. The van der Waals surface area contributed by atoms with Gasteiger partial charge in [0.25, 0.3) is 0 Å². The maximum Gasteiger partial charge on any atom is 0.319 e. The molecule has 6 heteroatoms. The molecule has 0 saturated carbocycles. The quantitative estimate of drug-likeness (QED) is 0.775. The molecule has 3 N–H and O–H groups in total. The number of amides is 2. The van der Waals surface area contributed by atoms with Gasteiger partial charge in [-0.3, -0.25) is 4.79 Å². The molecule has 5 nitrogen and oxygen atoms in total. The van der Waals surface area contributed by atoms with Gasteiger partial charge < -0.3 is 15.7 Å². The standard InChI is InChI=1S/C15H21ClN2O3/c1-15(2,3)9-12(8-13(19)20)18-14(21)17-11-6-4-10(16)5-7-11/h4-7,12H,8-9H2,1-3H3,(H,19,20)(H2,17,18,21). The summed E-state index contributed by atoms with van der Waals surface area (Å²) in [7, 11) is 0. The van der Waals surface area contributed by atoms with E-state index in [1.165, 1.54) is 0 Å². The molecule has 2 amide bonds. The van der Waals surface area contributed by atoms with Crippen molar-refractivity contribution in [3.05, 3.63) is 29.3 Å². The van der Waals surface area contributed by atoms with Gasteiger partial charge in [-0.05, 0) is 36.1 Å². The lowest BCUT2D eigenvalue weighted by molar-refractivity contribution is -0.137. The first-order valence-corrected chi connectivity index (χ1v) is 7.08. The molecule has 0 fully saturated rings. The summed E-state index contributed by atoms with van der Waals surface area (Å²) >= 11 is 5.77. The van der Waals surface area contributed by atoms with Crippen LogP contribution in [0.5, 0.6) is 0 Å². The number of carbonyl (C=O) groups excluding carboxylic acids is 1. The molecule has 0 aromatic heterocycles. The van der Waals surface area contributed by atoms with Gasteiger partial charge in [-0.25, -0.2) is 4.79 Å². The van der Waals surface area contributed by atoms with Crippen molar-refractivity contribution in [3.63, 3.8) is 0 Å². The van der Waals surface area contributed by atoms with Gasteiger partial charge in [0.1, 0.15) is 0 Å². The second-order valence-electron chi connectivity index (χ2n) is 6.16. The smallest absolute Gasteiger partial charge is 0.319 e. The summed E-state index contributed by atoms with van der Waals surface area (Å²) < 4.78 is 0. The highest BCUT2D eigenvalue weighted by Gasteiger charge is 2.22. The number of aliphatic carboxylic acids is 1. The summed E-state index contributed by atoms with van der Waals surface area (Å²) in [5.74, 6) is -0.934. The van der Waals surface area contributed by atoms with Crippen LogP contribution in [0.3, 0.4) is 0 Å². The van der Waals surface area contributed by atoms with Crippen LogP contribution in [-0.4, -0.2) is 23.1 Å². The minimum absolute atomic E-state index is 0.0757. The number of hydrogen-bond acceptors (Lipinski definition) is 2. The van der Waals surface area contributed by atoms with Gasteiger partial charge in [0, 0.05) is 16.8 Å². The van der Waals surface area contributed by atoms with E-state index in [0.29, 0.717) is 17.1 Å². The molecule has 0 aliphatic heterocycles. The predicted octanol–water partition coefficient (Wildman–Crippen LogP) is 3.74. The predicted molar refractivity (Wildman–Crippen MR) is 83.7 cm³/mol. The van der Waals surface area contributed by atoms with E-state index in [4.69, 9.17) is 16.7 Å². The number of hydrogen-bond donors (Lipinski definition) is 3. The summed E-state index contributed by atoms with van der Waals surface area (Å²) in [5, 5.41) is 14.9. The Bertz CT molecular complexity index is 495. The van der Waals surface area contributed by atoms with Crippen LogP contribution in [0.2, 0.25) is 5.02 Å². The van der Waals surface area contributed by atoms with E-state index in [1.807, 2.05) is 20.8 Å². The second kappa shape index (κ2) is 7.31. The van der Waals surface area contributed by atoms with Crippen LogP contribution < -0.4 is 10.6 Å². The molecule has 1 aromatic rings. The Morgan fingerprint density at radius 2 is 1.81 bits per heavy atom. The fraction of sp³-hybridized carbons (Fsp3) is 0.467. The van der Waals surface area contributed by atoms with Gasteiger partial charge in [-0.2, -0.15) is 0 Å². The van der Waals surface area contributed by atoms with Crippen LogP contribution in [0, 0.1) is 5.41 Å². The molecule has 0 spiro atoms. The van der Waals surface area contributed by atoms with Crippen molar-refractivity contribution in [2.75, 3.05) is 5.32 Å². The fourth-order valence-electron chi connectivity index (χ4n) is 2.01. The zero-order valence-electron chi connectivity index (χ0n) is 12.4. The Morgan fingerprint density at radius 1 is 1.24 bits per heavy atom. The summed E-state index contributed by atoms with van der Waals surface area (Å²) in [6.07, 6.45) is 0.471. The molecule has 0 radical (unpaired) electrons. The van der Waals surface area contributed by atoms with Gasteiger partial charge in [-0.1, -0.05) is 32.4 Å². The van der Waals surface area contributed by atoms with Gasteiger partial charge in [-0.15, -0.1) is 0 Å². The third-order valence-corrected chi connectivity index (χ3v) is 2.97. The molecule has 0 saturated heterocycles. The molecule has 0 aliphatic rings. The average Bonchev–Trinajstić information content (AvgIpc) is 2.28. The maximum absolute atomic E-state index is 11.9. The van der Waals surface area contributed by atoms with Gasteiger partial charge in [0.15, 0.2) is 0 Å². The van der Waals surface area contributed by atoms with Crippen molar-refractivity contribution in [1.29, 1.82) is 0 Å². The molecular formula is C15H21ClN2O3. The maximum atomic E-state index is 11.9. The van der Waals surface area contributed by atoms with Crippen molar-refractivity contribution in [3.8, 4) is 0 Å². The molecule has 0 heterocycles. The highest BCUT2D eigenvalue weighted by Crippen LogP contribution is 2.22. The van der Waals surface area contributed by atoms with E-state index < -0.39 is 18.0 Å². The first kappa shape index (κ1) is 17.3. The Labute approximate surface area is 129 Å². The number of nitrogens with one attached hydrogen (secondary N) is 2. The van der Waals surface area contributed by atoms with Crippen LogP contribution in [-0.2, 0) is 4.79 Å². The van der Waals surface area contributed by atoms with E-state index in [2.05, 4.69) is 10.6 Å². The minimum Gasteiger partial charge on any atom is -0.481 e. The number of anilines is 1. The Morgan fingerprint density at radius 3 is 2.29 bits per heavy atom. The normalized spacial score (nSPS) is 12.6. The van der Waals surface area contributed by atoms with Gasteiger partial charge >= 0.3 is 12.0 Å². The zero-order chi connectivity index (χ0) is 16.0. The molecule has 1 aromatic carbocycles. The van der Waals surface area contributed by atoms with Crippen LogP contribution in [0.15, 0.2) is 24.3 Å². The van der Waals surface area contributed by atoms with Crippen molar-refractivity contribution >= 4 is 29.3 Å². The number of rotatable bonds is 5. The fourth-order valence-corrected chi connectivity index (χ4v) is 2.14. The molecule has 0 aliphatic carbocycles. The van der Waals surface area contributed by atoms with Crippen molar-refractivity contribution in [2.45, 2.75) is 39.7 Å². The highest BCUT2D eigenvalue weighted by atomic mass is 35.5. The van der Waals surface area contributed by atoms with E-state index in [0.717, 1.165) is 0 Å². The van der Waals surface area contributed by atoms with Gasteiger partial charge in [0.2, 0.25) is 0 Å². The zero-order valence-corrected chi connectivity index (χ0v) is 13.2. The Kier molecular flexibility index (Phi) is 6.03. The first-order chi connectivity index (χ1) is 9.65. The van der Waals surface area contributed by atoms with Crippen LogP contribution in [0.25, 0.3) is 0 Å². The largest absolute Gasteiger partial charge is 0.481 e. The molecule has 1 atom stereocenters. The highest BCUT2D eigenvalue weighted by molar-refractivity contribution is 6.30. The monoisotopic (exact) mass is 312 g/mol. The van der Waals surface area contributed by atoms with E-state index in [1.54, 1.807) is 24.3 Å². The molecule has 0 bridgehead atoms. The SMILES string of the molecule is CC(C)(C)CC(CC(=O)O)NC(=O)Nc1ccc(Cl)cc1. The van der Waals surface area contributed by atoms with Gasteiger partial charge in [0.05, 0.1) is 6.42 Å². The summed E-state index contributed by atoms with van der Waals surface area (Å²) in [5.41, 5.74) is 0.523. The molecular weight excluding hydrogens is 292 g/mol. The van der Waals surface area contributed by atoms with Crippen LogP contribution >= 0.6 is 11.6 Å².